The molecule has 0 radical (unpaired) electrons. The summed E-state index contributed by atoms with van der Waals surface area (Å²) in [4.78, 5) is 12.9. The minimum absolute atomic E-state index is 0.174. The fraction of sp³-hybridized carbons (Fsp3) is 0.120. The summed E-state index contributed by atoms with van der Waals surface area (Å²) in [5, 5.41) is 6.79. The highest BCUT2D eigenvalue weighted by molar-refractivity contribution is 6.42. The molecule has 0 N–H and O–H groups in total. The normalized spacial score (nSPS) is 14.6. The summed E-state index contributed by atoms with van der Waals surface area (Å²) in [7, 11) is 1.57. The van der Waals surface area contributed by atoms with Crippen molar-refractivity contribution >= 4 is 46.6 Å². The molecule has 0 fully saturated rings. The third kappa shape index (κ3) is 4.64. The molecule has 3 aromatic carbocycles. The molecule has 1 aliphatic heterocycles. The van der Waals surface area contributed by atoms with Crippen molar-refractivity contribution in [1.82, 2.24) is 0 Å². The quantitative estimate of drug-likeness (QED) is 0.395. The van der Waals surface area contributed by atoms with Crippen molar-refractivity contribution in [2.24, 2.45) is 5.10 Å². The molecular formula is C25H20Cl2N2O3. The maximum atomic E-state index is 12.9. The molecular weight excluding hydrogens is 447 g/mol. The van der Waals surface area contributed by atoms with Gasteiger partial charge in [-0.15, -0.1) is 0 Å². The van der Waals surface area contributed by atoms with E-state index in [4.69, 9.17) is 32.7 Å². The van der Waals surface area contributed by atoms with Crippen LogP contribution in [0, 0.1) is 0 Å². The van der Waals surface area contributed by atoms with Crippen LogP contribution in [0.1, 0.15) is 18.1 Å². The summed E-state index contributed by atoms with van der Waals surface area (Å²) in [6.45, 7) is 2.13. The van der Waals surface area contributed by atoms with Gasteiger partial charge in [-0.25, -0.2) is 0 Å². The van der Waals surface area contributed by atoms with E-state index < -0.39 is 0 Å². The first kappa shape index (κ1) is 21.9. The number of benzene rings is 3. The number of amides is 1. The summed E-state index contributed by atoms with van der Waals surface area (Å²) in [5.41, 5.74) is 3.59. The summed E-state index contributed by atoms with van der Waals surface area (Å²) in [6.07, 6.45) is 1.80. The van der Waals surface area contributed by atoms with Crippen LogP contribution in [0.4, 0.5) is 5.69 Å². The maximum Gasteiger partial charge on any atom is 0.280 e. The Hall–Kier alpha value is -3.28. The SMILES string of the molecule is COc1cc(/C=C2\C(=O)N(c3ccccc3)N=C2C)ccc1OCc1ccc(Cl)c(Cl)c1. The smallest absolute Gasteiger partial charge is 0.280 e. The van der Waals surface area contributed by atoms with Crippen molar-refractivity contribution in [2.75, 3.05) is 12.1 Å². The Morgan fingerprint density at radius 1 is 0.969 bits per heavy atom. The lowest BCUT2D eigenvalue weighted by molar-refractivity contribution is -0.114. The second-order valence-corrected chi connectivity index (χ2v) is 7.96. The minimum atomic E-state index is -0.174. The topological polar surface area (TPSA) is 51.1 Å². The van der Waals surface area contributed by atoms with Gasteiger partial charge in [0.05, 0.1) is 34.1 Å². The number of hydrogen-bond acceptors (Lipinski definition) is 4. The molecule has 0 unspecified atom stereocenters. The zero-order chi connectivity index (χ0) is 22.7. The number of nitrogens with zero attached hydrogens (tertiary/aromatic N) is 2. The van der Waals surface area contributed by atoms with Crippen LogP contribution in [0.15, 0.2) is 77.4 Å². The van der Waals surface area contributed by atoms with Gasteiger partial charge < -0.3 is 9.47 Å². The first-order chi connectivity index (χ1) is 15.5. The van der Waals surface area contributed by atoms with Crippen LogP contribution in [0.3, 0.4) is 0 Å². The number of carbonyl (C=O) groups excluding carboxylic acids is 1. The van der Waals surface area contributed by atoms with E-state index in [0.717, 1.165) is 16.8 Å². The van der Waals surface area contributed by atoms with Gasteiger partial charge in [-0.1, -0.05) is 53.5 Å². The lowest BCUT2D eigenvalue weighted by atomic mass is 10.1. The van der Waals surface area contributed by atoms with Gasteiger partial charge in [0.15, 0.2) is 11.5 Å². The van der Waals surface area contributed by atoms with Gasteiger partial charge in [-0.2, -0.15) is 10.1 Å². The zero-order valence-corrected chi connectivity index (χ0v) is 19.0. The predicted octanol–water partition coefficient (Wildman–Crippen LogP) is 6.39. The lowest BCUT2D eigenvalue weighted by Crippen LogP contribution is -2.21. The van der Waals surface area contributed by atoms with Crippen molar-refractivity contribution in [1.29, 1.82) is 0 Å². The number of halogens is 2. The zero-order valence-electron chi connectivity index (χ0n) is 17.5. The fourth-order valence-corrected chi connectivity index (χ4v) is 3.60. The van der Waals surface area contributed by atoms with Crippen LogP contribution < -0.4 is 14.5 Å². The molecule has 162 valence electrons. The third-order valence-corrected chi connectivity index (χ3v) is 5.68. The van der Waals surface area contributed by atoms with E-state index in [0.29, 0.717) is 39.4 Å². The molecule has 1 heterocycles. The Balaban J connectivity index is 1.53. The van der Waals surface area contributed by atoms with E-state index in [-0.39, 0.29) is 5.91 Å². The van der Waals surface area contributed by atoms with Crippen LogP contribution in [0.2, 0.25) is 10.0 Å². The van der Waals surface area contributed by atoms with E-state index in [1.165, 1.54) is 5.01 Å². The fourth-order valence-electron chi connectivity index (χ4n) is 3.28. The molecule has 3 aromatic rings. The van der Waals surface area contributed by atoms with Crippen LogP contribution in [-0.2, 0) is 11.4 Å². The second-order valence-electron chi connectivity index (χ2n) is 7.14. The number of ether oxygens (including phenoxy) is 2. The highest BCUT2D eigenvalue weighted by atomic mass is 35.5. The molecule has 1 amide bonds. The largest absolute Gasteiger partial charge is 0.493 e. The average molecular weight is 467 g/mol. The van der Waals surface area contributed by atoms with Gasteiger partial charge in [0.25, 0.3) is 5.91 Å². The molecule has 0 bridgehead atoms. The highest BCUT2D eigenvalue weighted by Gasteiger charge is 2.28. The summed E-state index contributed by atoms with van der Waals surface area (Å²) in [6, 6.07) is 20.2. The van der Waals surface area contributed by atoms with Gasteiger partial charge in [-0.05, 0) is 60.5 Å². The molecule has 5 nitrogen and oxygen atoms in total. The van der Waals surface area contributed by atoms with Crippen molar-refractivity contribution in [3.8, 4) is 11.5 Å². The Kier molecular flexibility index (Phi) is 6.49. The van der Waals surface area contributed by atoms with E-state index in [1.807, 2.05) is 61.5 Å². The van der Waals surface area contributed by atoms with Gasteiger partial charge in [0, 0.05) is 0 Å². The molecule has 0 aromatic heterocycles. The monoisotopic (exact) mass is 466 g/mol. The number of carbonyl (C=O) groups is 1. The molecule has 0 saturated heterocycles. The lowest BCUT2D eigenvalue weighted by Gasteiger charge is -2.12. The van der Waals surface area contributed by atoms with Crippen molar-refractivity contribution in [3.05, 3.63) is 93.5 Å². The molecule has 32 heavy (non-hydrogen) atoms. The predicted molar refractivity (Wildman–Crippen MR) is 129 cm³/mol. The summed E-state index contributed by atoms with van der Waals surface area (Å²) < 4.78 is 11.4. The number of methoxy groups -OCH3 is 1. The molecule has 1 aliphatic rings. The molecule has 0 saturated carbocycles. The number of hydrazone groups is 1. The first-order valence-electron chi connectivity index (χ1n) is 9.88. The molecule has 0 spiro atoms. The summed E-state index contributed by atoms with van der Waals surface area (Å²) in [5.74, 6) is 0.960. The van der Waals surface area contributed by atoms with Gasteiger partial charge in [-0.3, -0.25) is 4.79 Å². The molecule has 4 rings (SSSR count). The Labute approximate surface area is 196 Å². The standard InChI is InChI=1S/C25H20Cl2N2O3/c1-16-20(25(30)29(28-16)19-6-4-3-5-7-19)12-17-9-11-23(24(14-17)31-2)32-15-18-8-10-21(26)22(27)13-18/h3-14H,15H2,1-2H3/b20-12-. The van der Waals surface area contributed by atoms with Crippen LogP contribution in [0.5, 0.6) is 11.5 Å². The van der Waals surface area contributed by atoms with Crippen molar-refractivity contribution in [3.63, 3.8) is 0 Å². The molecule has 7 heteroatoms. The highest BCUT2D eigenvalue weighted by Crippen LogP contribution is 2.32. The Bertz CT molecular complexity index is 1220. The maximum absolute atomic E-state index is 12.9. The van der Waals surface area contributed by atoms with Gasteiger partial charge in [0.1, 0.15) is 6.61 Å². The number of anilines is 1. The van der Waals surface area contributed by atoms with Gasteiger partial charge >= 0.3 is 0 Å². The molecule has 0 aliphatic carbocycles. The number of para-hydroxylation sites is 1. The van der Waals surface area contributed by atoms with Crippen LogP contribution in [-0.4, -0.2) is 18.7 Å². The van der Waals surface area contributed by atoms with Crippen molar-refractivity contribution in [2.45, 2.75) is 13.5 Å². The van der Waals surface area contributed by atoms with Gasteiger partial charge in [0.2, 0.25) is 0 Å². The van der Waals surface area contributed by atoms with E-state index in [9.17, 15) is 4.79 Å². The van der Waals surface area contributed by atoms with E-state index >= 15 is 0 Å². The molecule has 0 atom stereocenters. The van der Waals surface area contributed by atoms with E-state index in [2.05, 4.69) is 5.10 Å². The Morgan fingerprint density at radius 3 is 2.47 bits per heavy atom. The van der Waals surface area contributed by atoms with Crippen LogP contribution >= 0.6 is 23.2 Å². The average Bonchev–Trinajstić information content (AvgIpc) is 3.09. The minimum Gasteiger partial charge on any atom is -0.493 e. The van der Waals surface area contributed by atoms with E-state index in [1.54, 1.807) is 25.3 Å². The number of rotatable bonds is 6. The van der Waals surface area contributed by atoms with Crippen LogP contribution in [0.25, 0.3) is 6.08 Å². The first-order valence-corrected chi connectivity index (χ1v) is 10.6. The van der Waals surface area contributed by atoms with Crippen molar-refractivity contribution < 1.29 is 14.3 Å². The third-order valence-electron chi connectivity index (χ3n) is 4.94. The second kappa shape index (κ2) is 9.47. The Morgan fingerprint density at radius 2 is 1.75 bits per heavy atom. The number of hydrogen-bond donors (Lipinski definition) is 0. The summed E-state index contributed by atoms with van der Waals surface area (Å²) >= 11 is 12.0.